The van der Waals surface area contributed by atoms with Gasteiger partial charge in [0.2, 0.25) is 5.91 Å². The second-order valence-electron chi connectivity index (χ2n) is 6.58. The first kappa shape index (κ1) is 17.1. The van der Waals surface area contributed by atoms with E-state index in [1.165, 1.54) is 0 Å². The zero-order valence-corrected chi connectivity index (χ0v) is 14.3. The number of halogens is 1. The first-order valence-corrected chi connectivity index (χ1v) is 8.86. The van der Waals surface area contributed by atoms with Crippen molar-refractivity contribution in [2.45, 2.75) is 44.6 Å². The van der Waals surface area contributed by atoms with Crippen LogP contribution in [0, 0.1) is 5.92 Å². The molecule has 24 heavy (non-hydrogen) atoms. The number of nitrogens with zero attached hydrogens (tertiary/aromatic N) is 1. The molecule has 2 atom stereocenters. The zero-order chi connectivity index (χ0) is 17.1. The van der Waals surface area contributed by atoms with E-state index in [1.807, 2.05) is 17.0 Å². The van der Waals surface area contributed by atoms with E-state index in [0.717, 1.165) is 30.6 Å². The molecule has 0 bridgehead atoms. The Hall–Kier alpha value is -1.75. The maximum absolute atomic E-state index is 13.0. The predicted molar refractivity (Wildman–Crippen MR) is 90.4 cm³/mol. The second-order valence-corrected chi connectivity index (χ2v) is 7.01. The molecule has 1 saturated heterocycles. The van der Waals surface area contributed by atoms with Crippen molar-refractivity contribution in [3.05, 3.63) is 28.8 Å². The first-order chi connectivity index (χ1) is 11.5. The fourth-order valence-electron chi connectivity index (χ4n) is 3.64. The Morgan fingerprint density at radius 1 is 1.33 bits per heavy atom. The van der Waals surface area contributed by atoms with Gasteiger partial charge in [0, 0.05) is 24.0 Å². The summed E-state index contributed by atoms with van der Waals surface area (Å²) in [7, 11) is 0. The summed E-state index contributed by atoms with van der Waals surface area (Å²) in [6.45, 7) is 1.08. The summed E-state index contributed by atoms with van der Waals surface area (Å²) in [6.07, 6.45) is 4.16. The molecule has 0 radical (unpaired) electrons. The predicted octanol–water partition coefficient (Wildman–Crippen LogP) is 3.14. The van der Waals surface area contributed by atoms with Crippen LogP contribution in [-0.4, -0.2) is 41.1 Å². The minimum atomic E-state index is -0.808. The maximum Gasteiger partial charge on any atom is 0.303 e. The molecule has 1 amide bonds. The number of hydrogen-bond acceptors (Lipinski definition) is 3. The normalized spacial score (nSPS) is 23.3. The number of carbonyl (C=O) groups is 2. The van der Waals surface area contributed by atoms with Crippen LogP contribution < -0.4 is 4.74 Å². The molecule has 0 saturated carbocycles. The lowest BCUT2D eigenvalue weighted by Gasteiger charge is -2.38. The molecule has 0 aliphatic carbocycles. The highest BCUT2D eigenvalue weighted by molar-refractivity contribution is 6.30. The van der Waals surface area contributed by atoms with Crippen molar-refractivity contribution < 1.29 is 19.4 Å². The van der Waals surface area contributed by atoms with E-state index in [-0.39, 0.29) is 24.3 Å². The number of amides is 1. The van der Waals surface area contributed by atoms with E-state index in [1.54, 1.807) is 6.07 Å². The van der Waals surface area contributed by atoms with Crippen molar-refractivity contribution >= 4 is 23.5 Å². The summed E-state index contributed by atoms with van der Waals surface area (Å²) >= 11 is 6.04. The Kier molecular flexibility index (Phi) is 5.29. The van der Waals surface area contributed by atoms with Crippen molar-refractivity contribution in [2.24, 2.45) is 5.92 Å². The number of fused-ring (bicyclic) bond motifs is 1. The van der Waals surface area contributed by atoms with Crippen molar-refractivity contribution in [3.63, 3.8) is 0 Å². The molecule has 1 N–H and O–H groups in total. The summed E-state index contributed by atoms with van der Waals surface area (Å²) < 4.78 is 5.74. The van der Waals surface area contributed by atoms with Gasteiger partial charge in [0.25, 0.3) is 0 Å². The van der Waals surface area contributed by atoms with Gasteiger partial charge < -0.3 is 14.7 Å². The topological polar surface area (TPSA) is 66.8 Å². The Balaban J connectivity index is 1.69. The van der Waals surface area contributed by atoms with E-state index in [4.69, 9.17) is 21.4 Å². The Morgan fingerprint density at radius 3 is 2.96 bits per heavy atom. The minimum absolute atomic E-state index is 0.0307. The number of ether oxygens (including phenoxy) is 1. The molecule has 1 fully saturated rings. The second kappa shape index (κ2) is 7.43. The molecule has 2 aliphatic rings. The van der Waals surface area contributed by atoms with Crippen LogP contribution in [0.3, 0.4) is 0 Å². The van der Waals surface area contributed by atoms with Crippen molar-refractivity contribution in [1.29, 1.82) is 0 Å². The van der Waals surface area contributed by atoms with Gasteiger partial charge in [0.05, 0.1) is 5.92 Å². The molecule has 0 aromatic heterocycles. The lowest BCUT2D eigenvalue weighted by Crippen LogP contribution is -2.48. The largest absolute Gasteiger partial charge is 0.492 e. The zero-order valence-electron chi connectivity index (χ0n) is 13.5. The Labute approximate surface area is 146 Å². The number of carbonyl (C=O) groups excluding carboxylic acids is 1. The van der Waals surface area contributed by atoms with Crippen LogP contribution in [0.4, 0.5) is 0 Å². The van der Waals surface area contributed by atoms with E-state index < -0.39 is 5.97 Å². The molecule has 3 rings (SSSR count). The fourth-order valence-corrected chi connectivity index (χ4v) is 3.83. The first-order valence-electron chi connectivity index (χ1n) is 8.48. The molecule has 130 valence electrons. The number of likely N-dealkylation sites (tertiary alicyclic amines) is 1. The van der Waals surface area contributed by atoms with Gasteiger partial charge in [0.15, 0.2) is 0 Å². The third-order valence-electron chi connectivity index (χ3n) is 4.88. The average molecular weight is 352 g/mol. The van der Waals surface area contributed by atoms with E-state index >= 15 is 0 Å². The van der Waals surface area contributed by atoms with E-state index in [0.29, 0.717) is 31.0 Å². The van der Waals surface area contributed by atoms with E-state index in [2.05, 4.69) is 0 Å². The van der Waals surface area contributed by atoms with Gasteiger partial charge in [-0.1, -0.05) is 11.6 Å². The number of aliphatic carboxylic acids is 1. The summed E-state index contributed by atoms with van der Waals surface area (Å²) in [5.74, 6) is -0.154. The summed E-state index contributed by atoms with van der Waals surface area (Å²) in [6, 6.07) is 5.52. The molecule has 2 heterocycles. The van der Waals surface area contributed by atoms with Crippen molar-refractivity contribution in [3.8, 4) is 5.75 Å². The fraction of sp³-hybridized carbons (Fsp3) is 0.556. The molecule has 2 aliphatic heterocycles. The standard InChI is InChI=1S/C18H22ClNO4/c19-14-4-6-16-12(10-14)9-13(11-24-16)18(23)20-8-2-1-3-15(20)5-7-17(21)22/h4,6,10,13,15H,1-3,5,7-9,11H2,(H,21,22). The summed E-state index contributed by atoms with van der Waals surface area (Å²) in [4.78, 5) is 25.7. The summed E-state index contributed by atoms with van der Waals surface area (Å²) in [5.41, 5.74) is 0.964. The van der Waals surface area contributed by atoms with Crippen LogP contribution in [0.15, 0.2) is 18.2 Å². The molecule has 1 aromatic rings. The van der Waals surface area contributed by atoms with Gasteiger partial charge in [-0.05, 0) is 55.9 Å². The molecule has 0 spiro atoms. The summed E-state index contributed by atoms with van der Waals surface area (Å²) in [5, 5.41) is 9.56. The highest BCUT2D eigenvalue weighted by Crippen LogP contribution is 2.32. The Bertz CT molecular complexity index is 633. The van der Waals surface area contributed by atoms with Gasteiger partial charge >= 0.3 is 5.97 Å². The molecular weight excluding hydrogens is 330 g/mol. The minimum Gasteiger partial charge on any atom is -0.492 e. The molecular formula is C18H22ClNO4. The number of carboxylic acids is 1. The molecule has 2 unspecified atom stereocenters. The lowest BCUT2D eigenvalue weighted by atomic mass is 9.92. The van der Waals surface area contributed by atoms with Crippen LogP contribution in [0.5, 0.6) is 5.75 Å². The molecule has 6 heteroatoms. The van der Waals surface area contributed by atoms with Gasteiger partial charge in [-0.2, -0.15) is 0 Å². The monoisotopic (exact) mass is 351 g/mol. The third-order valence-corrected chi connectivity index (χ3v) is 5.11. The van der Waals surface area contributed by atoms with Gasteiger partial charge in [-0.15, -0.1) is 0 Å². The van der Waals surface area contributed by atoms with Crippen molar-refractivity contribution in [1.82, 2.24) is 4.90 Å². The van der Waals surface area contributed by atoms with Crippen molar-refractivity contribution in [2.75, 3.05) is 13.2 Å². The van der Waals surface area contributed by atoms with Crippen LogP contribution in [0.2, 0.25) is 5.02 Å². The highest BCUT2D eigenvalue weighted by atomic mass is 35.5. The number of rotatable bonds is 4. The van der Waals surface area contributed by atoms with Crippen LogP contribution >= 0.6 is 11.6 Å². The number of hydrogen-bond donors (Lipinski definition) is 1. The number of carboxylic acid groups (broad SMARTS) is 1. The lowest BCUT2D eigenvalue weighted by molar-refractivity contribution is -0.143. The average Bonchev–Trinajstić information content (AvgIpc) is 2.59. The third kappa shape index (κ3) is 3.83. The van der Waals surface area contributed by atoms with E-state index in [9.17, 15) is 9.59 Å². The van der Waals surface area contributed by atoms with Crippen LogP contribution in [0.25, 0.3) is 0 Å². The SMILES string of the molecule is O=C(O)CCC1CCCCN1C(=O)C1COc2ccc(Cl)cc2C1. The Morgan fingerprint density at radius 2 is 2.17 bits per heavy atom. The number of piperidine rings is 1. The van der Waals surface area contributed by atoms with Gasteiger partial charge in [-0.3, -0.25) is 9.59 Å². The highest BCUT2D eigenvalue weighted by Gasteiger charge is 2.34. The number of benzene rings is 1. The maximum atomic E-state index is 13.0. The smallest absolute Gasteiger partial charge is 0.303 e. The van der Waals surface area contributed by atoms with Crippen LogP contribution in [0.1, 0.15) is 37.7 Å². The van der Waals surface area contributed by atoms with Crippen LogP contribution in [-0.2, 0) is 16.0 Å². The molecule has 1 aromatic carbocycles. The van der Waals surface area contributed by atoms with Gasteiger partial charge in [0.1, 0.15) is 12.4 Å². The quantitative estimate of drug-likeness (QED) is 0.905. The molecule has 5 nitrogen and oxygen atoms in total. The van der Waals surface area contributed by atoms with Gasteiger partial charge in [-0.25, -0.2) is 0 Å².